The largest absolute Gasteiger partial charge is 0.398 e. The number of anilines is 2. The molecule has 2 N–H and O–H groups in total. The van der Waals surface area contributed by atoms with Crippen LogP contribution in [0.1, 0.15) is 23.3 Å². The maximum Gasteiger partial charge on any atom is 0.0525 e. The minimum atomic E-state index is 0.703. The van der Waals surface area contributed by atoms with Gasteiger partial charge in [0.2, 0.25) is 0 Å². The monoisotopic (exact) mass is 258 g/mol. The molecule has 0 amide bonds. The van der Waals surface area contributed by atoms with Gasteiger partial charge in [0, 0.05) is 22.3 Å². The molecule has 0 atom stereocenters. The van der Waals surface area contributed by atoms with Crippen LogP contribution in [0.4, 0.5) is 11.4 Å². The molecule has 1 aromatic heterocycles. The average molecular weight is 258 g/mol. The number of nitrogens with zero attached hydrogens (tertiary/aromatic N) is 1. The van der Waals surface area contributed by atoms with Gasteiger partial charge >= 0.3 is 0 Å². The third-order valence-electron chi connectivity index (χ3n) is 3.49. The van der Waals surface area contributed by atoms with Crippen LogP contribution in [0.2, 0.25) is 0 Å². The van der Waals surface area contributed by atoms with Crippen molar-refractivity contribution < 1.29 is 0 Å². The number of benzene rings is 1. The zero-order valence-electron chi connectivity index (χ0n) is 10.6. The van der Waals surface area contributed by atoms with Gasteiger partial charge in [0.05, 0.1) is 6.54 Å². The first-order valence-corrected chi connectivity index (χ1v) is 7.27. The Hall–Kier alpha value is -1.48. The minimum absolute atomic E-state index is 0.703. The molecule has 3 rings (SSSR count). The van der Waals surface area contributed by atoms with Crippen LogP contribution in [0.25, 0.3) is 0 Å². The molecule has 0 saturated heterocycles. The molecule has 18 heavy (non-hydrogen) atoms. The highest BCUT2D eigenvalue weighted by Gasteiger charge is 2.29. The second-order valence-corrected chi connectivity index (χ2v) is 6.01. The summed E-state index contributed by atoms with van der Waals surface area (Å²) in [6.45, 7) is 3.06. The van der Waals surface area contributed by atoms with Crippen LogP contribution in [-0.4, -0.2) is 6.04 Å². The van der Waals surface area contributed by atoms with Gasteiger partial charge in [0.25, 0.3) is 0 Å². The second-order valence-electron chi connectivity index (χ2n) is 4.98. The standard InChI is InChI=1S/C15H18N2S/c1-11-4-5-13(9-15(11)16)17(12-6-7-12)10-14-3-2-8-18-14/h2-5,8-9,12H,6-7,10,16H2,1H3. The van der Waals surface area contributed by atoms with Crippen LogP contribution < -0.4 is 10.6 Å². The predicted molar refractivity (Wildman–Crippen MR) is 79.1 cm³/mol. The number of thiophene rings is 1. The zero-order chi connectivity index (χ0) is 12.5. The van der Waals surface area contributed by atoms with Crippen molar-refractivity contribution in [1.82, 2.24) is 0 Å². The molecule has 1 saturated carbocycles. The van der Waals surface area contributed by atoms with Crippen molar-refractivity contribution in [2.24, 2.45) is 0 Å². The van der Waals surface area contributed by atoms with E-state index in [0.29, 0.717) is 6.04 Å². The molecule has 2 nitrogen and oxygen atoms in total. The van der Waals surface area contributed by atoms with Crippen LogP contribution in [0.3, 0.4) is 0 Å². The van der Waals surface area contributed by atoms with E-state index in [2.05, 4.69) is 47.5 Å². The second kappa shape index (κ2) is 4.65. The van der Waals surface area contributed by atoms with Gasteiger partial charge in [-0.2, -0.15) is 0 Å². The number of aryl methyl sites for hydroxylation is 1. The molecule has 94 valence electrons. The molecular formula is C15H18N2S. The minimum Gasteiger partial charge on any atom is -0.398 e. The van der Waals surface area contributed by atoms with E-state index in [1.807, 2.05) is 11.3 Å². The lowest BCUT2D eigenvalue weighted by atomic mass is 10.1. The van der Waals surface area contributed by atoms with Gasteiger partial charge in [-0.1, -0.05) is 12.1 Å². The first-order valence-electron chi connectivity index (χ1n) is 6.39. The first kappa shape index (κ1) is 11.6. The lowest BCUT2D eigenvalue weighted by Crippen LogP contribution is -2.24. The van der Waals surface area contributed by atoms with E-state index in [-0.39, 0.29) is 0 Å². The van der Waals surface area contributed by atoms with E-state index in [0.717, 1.165) is 17.8 Å². The summed E-state index contributed by atoms with van der Waals surface area (Å²) in [6.07, 6.45) is 2.61. The molecule has 1 aromatic carbocycles. The van der Waals surface area contributed by atoms with E-state index >= 15 is 0 Å². The highest BCUT2D eigenvalue weighted by atomic mass is 32.1. The number of hydrogen-bond donors (Lipinski definition) is 1. The first-order chi connectivity index (χ1) is 8.74. The molecule has 0 spiro atoms. The van der Waals surface area contributed by atoms with Crippen molar-refractivity contribution in [3.05, 3.63) is 46.2 Å². The third kappa shape index (κ3) is 2.36. The lowest BCUT2D eigenvalue weighted by Gasteiger charge is -2.24. The number of hydrogen-bond acceptors (Lipinski definition) is 3. The molecule has 1 fully saturated rings. The summed E-state index contributed by atoms with van der Waals surface area (Å²) < 4.78 is 0. The maximum atomic E-state index is 6.03. The van der Waals surface area contributed by atoms with Gasteiger partial charge in [-0.05, 0) is 48.9 Å². The van der Waals surface area contributed by atoms with Gasteiger partial charge in [-0.25, -0.2) is 0 Å². The molecule has 0 radical (unpaired) electrons. The molecule has 0 bridgehead atoms. The normalized spacial score (nSPS) is 14.7. The summed E-state index contributed by atoms with van der Waals surface area (Å²) >= 11 is 1.83. The van der Waals surface area contributed by atoms with Crippen molar-refractivity contribution in [3.8, 4) is 0 Å². The SMILES string of the molecule is Cc1ccc(N(Cc2cccs2)C2CC2)cc1N. The van der Waals surface area contributed by atoms with Gasteiger partial charge < -0.3 is 10.6 Å². The molecule has 0 aliphatic heterocycles. The van der Waals surface area contributed by atoms with Gasteiger partial charge in [-0.3, -0.25) is 0 Å². The summed E-state index contributed by atoms with van der Waals surface area (Å²) in [5.74, 6) is 0. The smallest absolute Gasteiger partial charge is 0.0525 e. The Morgan fingerprint density at radius 3 is 2.78 bits per heavy atom. The van der Waals surface area contributed by atoms with Crippen LogP contribution in [0.15, 0.2) is 35.7 Å². The zero-order valence-corrected chi connectivity index (χ0v) is 11.4. The fourth-order valence-electron chi connectivity index (χ4n) is 2.19. The van der Waals surface area contributed by atoms with Gasteiger partial charge in [-0.15, -0.1) is 11.3 Å². The topological polar surface area (TPSA) is 29.3 Å². The number of nitrogen functional groups attached to an aromatic ring is 1. The molecule has 3 heteroatoms. The highest BCUT2D eigenvalue weighted by molar-refractivity contribution is 7.09. The third-order valence-corrected chi connectivity index (χ3v) is 4.35. The van der Waals surface area contributed by atoms with Crippen LogP contribution in [0, 0.1) is 6.92 Å². The number of nitrogens with two attached hydrogens (primary N) is 1. The molecule has 1 aliphatic rings. The Morgan fingerprint density at radius 1 is 1.33 bits per heavy atom. The molecule has 1 heterocycles. The van der Waals surface area contributed by atoms with E-state index < -0.39 is 0 Å². The fraction of sp³-hybridized carbons (Fsp3) is 0.333. The van der Waals surface area contributed by atoms with Crippen molar-refractivity contribution in [1.29, 1.82) is 0 Å². The Kier molecular flexibility index (Phi) is 3.00. The summed E-state index contributed by atoms with van der Waals surface area (Å²) in [5, 5.41) is 2.14. The average Bonchev–Trinajstić information content (AvgIpc) is 3.07. The lowest BCUT2D eigenvalue weighted by molar-refractivity contribution is 0.803. The van der Waals surface area contributed by atoms with Crippen molar-refractivity contribution in [3.63, 3.8) is 0 Å². The molecule has 1 aliphatic carbocycles. The molecule has 0 unspecified atom stereocenters. The summed E-state index contributed by atoms with van der Waals surface area (Å²) in [5.41, 5.74) is 9.34. The Morgan fingerprint density at radius 2 is 2.17 bits per heavy atom. The quantitative estimate of drug-likeness (QED) is 0.845. The Balaban J connectivity index is 1.86. The fourth-order valence-corrected chi connectivity index (χ4v) is 2.90. The summed E-state index contributed by atoms with van der Waals surface area (Å²) in [4.78, 5) is 3.91. The van der Waals surface area contributed by atoms with E-state index in [1.54, 1.807) is 0 Å². The van der Waals surface area contributed by atoms with Crippen LogP contribution in [-0.2, 0) is 6.54 Å². The van der Waals surface area contributed by atoms with E-state index in [9.17, 15) is 0 Å². The van der Waals surface area contributed by atoms with E-state index in [1.165, 1.54) is 23.4 Å². The van der Waals surface area contributed by atoms with Crippen molar-refractivity contribution >= 4 is 22.7 Å². The Labute approximate surface area is 112 Å². The summed E-state index contributed by atoms with van der Waals surface area (Å²) in [7, 11) is 0. The van der Waals surface area contributed by atoms with Gasteiger partial charge in [0.15, 0.2) is 0 Å². The Bertz CT molecular complexity index is 529. The number of rotatable bonds is 4. The van der Waals surface area contributed by atoms with Crippen LogP contribution >= 0.6 is 11.3 Å². The van der Waals surface area contributed by atoms with Crippen molar-refractivity contribution in [2.45, 2.75) is 32.4 Å². The molecule has 2 aromatic rings. The summed E-state index contributed by atoms with van der Waals surface area (Å²) in [6, 6.07) is 11.5. The highest BCUT2D eigenvalue weighted by Crippen LogP contribution is 2.34. The predicted octanol–water partition coefficient (Wildman–Crippen LogP) is 3.81. The van der Waals surface area contributed by atoms with Crippen molar-refractivity contribution in [2.75, 3.05) is 10.6 Å². The van der Waals surface area contributed by atoms with Gasteiger partial charge in [0.1, 0.15) is 0 Å². The van der Waals surface area contributed by atoms with E-state index in [4.69, 9.17) is 5.73 Å². The molecular weight excluding hydrogens is 240 g/mol. The van der Waals surface area contributed by atoms with Crippen LogP contribution in [0.5, 0.6) is 0 Å². The maximum absolute atomic E-state index is 6.03.